The Hall–Kier alpha value is -3.02. The number of carbonyl (C=O) groups is 2. The van der Waals surface area contributed by atoms with Gasteiger partial charge in [-0.3, -0.25) is 4.79 Å². The summed E-state index contributed by atoms with van der Waals surface area (Å²) in [5.74, 6) is 0.240. The largest absolute Gasteiger partial charge is 0.493 e. The fourth-order valence-corrected chi connectivity index (χ4v) is 2.62. The molecule has 0 aromatic heterocycles. The summed E-state index contributed by atoms with van der Waals surface area (Å²) in [6.07, 6.45) is 0.959. The van der Waals surface area contributed by atoms with Gasteiger partial charge in [0.05, 0.1) is 19.8 Å². The van der Waals surface area contributed by atoms with Crippen molar-refractivity contribution < 1.29 is 23.8 Å². The Balaban J connectivity index is 1.99. The minimum Gasteiger partial charge on any atom is -0.493 e. The zero-order valence-electron chi connectivity index (χ0n) is 16.1. The number of esters is 1. The molecule has 1 N–H and O–H groups in total. The summed E-state index contributed by atoms with van der Waals surface area (Å²) in [5.41, 5.74) is 2.07. The zero-order valence-corrected chi connectivity index (χ0v) is 16.1. The number of methoxy groups -OCH3 is 2. The summed E-state index contributed by atoms with van der Waals surface area (Å²) in [7, 11) is 2.99. The molecule has 6 nitrogen and oxygen atoms in total. The molecule has 1 amide bonds. The second kappa shape index (κ2) is 9.62. The fraction of sp³-hybridized carbons (Fsp3) is 0.333. The van der Waals surface area contributed by atoms with Gasteiger partial charge in [-0.05, 0) is 42.2 Å². The van der Waals surface area contributed by atoms with Gasteiger partial charge in [-0.15, -0.1) is 0 Å². The number of carbonyl (C=O) groups excluding carboxylic acids is 2. The van der Waals surface area contributed by atoms with Crippen LogP contribution in [0.3, 0.4) is 0 Å². The highest BCUT2D eigenvalue weighted by molar-refractivity contribution is 5.96. The van der Waals surface area contributed by atoms with Crippen molar-refractivity contribution in [1.82, 2.24) is 0 Å². The molecule has 1 atom stereocenters. The van der Waals surface area contributed by atoms with Crippen LogP contribution in [0.15, 0.2) is 42.5 Å². The van der Waals surface area contributed by atoms with Crippen LogP contribution in [-0.2, 0) is 9.53 Å². The van der Waals surface area contributed by atoms with Gasteiger partial charge in [-0.2, -0.15) is 0 Å². The van der Waals surface area contributed by atoms with Crippen molar-refractivity contribution in [3.63, 3.8) is 0 Å². The summed E-state index contributed by atoms with van der Waals surface area (Å²) in [5, 5.41) is 2.81. The van der Waals surface area contributed by atoms with E-state index in [0.717, 1.165) is 17.7 Å². The second-order valence-electron chi connectivity index (χ2n) is 6.09. The highest BCUT2D eigenvalue weighted by Gasteiger charge is 2.15. The molecule has 0 unspecified atom stereocenters. The van der Waals surface area contributed by atoms with Crippen LogP contribution in [0, 0.1) is 0 Å². The summed E-state index contributed by atoms with van der Waals surface area (Å²) in [6, 6.07) is 12.3. The summed E-state index contributed by atoms with van der Waals surface area (Å²) in [4.78, 5) is 24.4. The maximum atomic E-state index is 12.2. The molecule has 0 aliphatic heterocycles. The average Bonchev–Trinajstić information content (AvgIpc) is 2.71. The third kappa shape index (κ3) is 5.23. The molecular weight excluding hydrogens is 346 g/mol. The van der Waals surface area contributed by atoms with E-state index in [0.29, 0.717) is 17.4 Å². The van der Waals surface area contributed by atoms with Crippen molar-refractivity contribution in [2.45, 2.75) is 26.2 Å². The fourth-order valence-electron chi connectivity index (χ4n) is 2.62. The molecule has 0 bridgehead atoms. The summed E-state index contributed by atoms with van der Waals surface area (Å²) in [6.45, 7) is 3.82. The number of para-hydroxylation sites is 1. The Labute approximate surface area is 159 Å². The van der Waals surface area contributed by atoms with E-state index in [1.807, 2.05) is 24.3 Å². The third-order valence-corrected chi connectivity index (χ3v) is 4.33. The van der Waals surface area contributed by atoms with Gasteiger partial charge in [0.1, 0.15) is 0 Å². The van der Waals surface area contributed by atoms with Crippen LogP contribution in [-0.4, -0.2) is 32.7 Å². The van der Waals surface area contributed by atoms with E-state index in [1.54, 1.807) is 12.1 Å². The molecule has 0 aliphatic rings. The van der Waals surface area contributed by atoms with Crippen molar-refractivity contribution in [2.24, 2.45) is 0 Å². The first kappa shape index (κ1) is 20.3. The molecule has 0 fully saturated rings. The first-order chi connectivity index (χ1) is 13.0. The monoisotopic (exact) mass is 371 g/mol. The number of hydrogen-bond acceptors (Lipinski definition) is 5. The Morgan fingerprint density at radius 1 is 1.04 bits per heavy atom. The molecule has 0 heterocycles. The van der Waals surface area contributed by atoms with Crippen molar-refractivity contribution in [3.8, 4) is 11.5 Å². The number of amides is 1. The minimum absolute atomic E-state index is 0.278. The van der Waals surface area contributed by atoms with Gasteiger partial charge in [-0.25, -0.2) is 4.79 Å². The third-order valence-electron chi connectivity index (χ3n) is 4.33. The zero-order chi connectivity index (χ0) is 19.8. The van der Waals surface area contributed by atoms with E-state index >= 15 is 0 Å². The first-order valence-electron chi connectivity index (χ1n) is 8.78. The Morgan fingerprint density at radius 2 is 1.74 bits per heavy atom. The van der Waals surface area contributed by atoms with Gasteiger partial charge in [0.2, 0.25) is 0 Å². The van der Waals surface area contributed by atoms with Gasteiger partial charge >= 0.3 is 5.97 Å². The predicted molar refractivity (Wildman–Crippen MR) is 104 cm³/mol. The summed E-state index contributed by atoms with van der Waals surface area (Å²) >= 11 is 0. The van der Waals surface area contributed by atoms with E-state index < -0.39 is 5.97 Å². The number of anilines is 1. The van der Waals surface area contributed by atoms with Gasteiger partial charge in [0.15, 0.2) is 18.1 Å². The van der Waals surface area contributed by atoms with Crippen LogP contribution in [0.2, 0.25) is 0 Å². The van der Waals surface area contributed by atoms with E-state index in [9.17, 15) is 9.59 Å². The molecule has 27 heavy (non-hydrogen) atoms. The van der Waals surface area contributed by atoms with E-state index in [2.05, 4.69) is 19.2 Å². The van der Waals surface area contributed by atoms with E-state index in [4.69, 9.17) is 14.2 Å². The highest BCUT2D eigenvalue weighted by Crippen LogP contribution is 2.28. The van der Waals surface area contributed by atoms with Crippen molar-refractivity contribution in [3.05, 3.63) is 53.6 Å². The lowest BCUT2D eigenvalue weighted by atomic mass is 9.97. The average molecular weight is 371 g/mol. The van der Waals surface area contributed by atoms with Crippen molar-refractivity contribution >= 4 is 17.6 Å². The smallest absolute Gasteiger partial charge is 0.338 e. The van der Waals surface area contributed by atoms with Gasteiger partial charge in [0.25, 0.3) is 5.91 Å². The molecule has 2 aromatic carbocycles. The number of hydrogen-bond donors (Lipinski definition) is 1. The Morgan fingerprint density at radius 3 is 2.41 bits per heavy atom. The van der Waals surface area contributed by atoms with Crippen LogP contribution < -0.4 is 14.8 Å². The van der Waals surface area contributed by atoms with Crippen LogP contribution in [0.5, 0.6) is 11.5 Å². The topological polar surface area (TPSA) is 73.9 Å². The molecule has 2 rings (SSSR count). The van der Waals surface area contributed by atoms with Gasteiger partial charge < -0.3 is 19.5 Å². The Bertz CT molecular complexity index is 803. The molecule has 0 spiro atoms. The SMILES string of the molecule is CC[C@@H](C)c1ccccc1NC(=O)COC(=O)c1ccc(OC)c(OC)c1. The summed E-state index contributed by atoms with van der Waals surface area (Å²) < 4.78 is 15.4. The van der Waals surface area contributed by atoms with Crippen LogP contribution in [0.25, 0.3) is 0 Å². The first-order valence-corrected chi connectivity index (χ1v) is 8.78. The lowest BCUT2D eigenvalue weighted by molar-refractivity contribution is -0.119. The maximum Gasteiger partial charge on any atom is 0.338 e. The van der Waals surface area contributed by atoms with Gasteiger partial charge in [0, 0.05) is 5.69 Å². The van der Waals surface area contributed by atoms with Crippen LogP contribution in [0.1, 0.15) is 42.1 Å². The van der Waals surface area contributed by atoms with E-state index in [1.165, 1.54) is 20.3 Å². The minimum atomic E-state index is -0.610. The normalized spacial score (nSPS) is 11.4. The van der Waals surface area contributed by atoms with Crippen LogP contribution in [0.4, 0.5) is 5.69 Å². The number of rotatable bonds is 8. The lowest BCUT2D eigenvalue weighted by Crippen LogP contribution is -2.21. The van der Waals surface area contributed by atoms with E-state index in [-0.39, 0.29) is 18.1 Å². The van der Waals surface area contributed by atoms with Gasteiger partial charge in [-0.1, -0.05) is 32.0 Å². The molecule has 2 aromatic rings. The standard InChI is InChI=1S/C21H25NO5/c1-5-14(2)16-8-6-7-9-17(16)22-20(23)13-27-21(24)15-10-11-18(25-3)19(12-15)26-4/h6-12,14H,5,13H2,1-4H3,(H,22,23)/t14-/m1/s1. The highest BCUT2D eigenvalue weighted by atomic mass is 16.5. The Kier molecular flexibility index (Phi) is 7.23. The molecule has 6 heteroatoms. The molecular formula is C21H25NO5. The quantitative estimate of drug-likeness (QED) is 0.710. The second-order valence-corrected chi connectivity index (χ2v) is 6.09. The molecule has 0 saturated carbocycles. The number of ether oxygens (including phenoxy) is 3. The molecule has 0 saturated heterocycles. The van der Waals surface area contributed by atoms with Crippen LogP contribution >= 0.6 is 0 Å². The molecule has 0 aliphatic carbocycles. The lowest BCUT2D eigenvalue weighted by Gasteiger charge is -2.15. The predicted octanol–water partition coefficient (Wildman–Crippen LogP) is 4.01. The molecule has 144 valence electrons. The van der Waals surface area contributed by atoms with Crippen molar-refractivity contribution in [2.75, 3.05) is 26.1 Å². The number of benzene rings is 2. The molecule has 0 radical (unpaired) electrons. The maximum absolute atomic E-state index is 12.2. The van der Waals surface area contributed by atoms with Crippen molar-refractivity contribution in [1.29, 1.82) is 0 Å². The number of nitrogens with one attached hydrogen (secondary N) is 1.